The van der Waals surface area contributed by atoms with Crippen molar-refractivity contribution in [2.45, 2.75) is 65.1 Å². The number of benzene rings is 1. The molecule has 3 rings (SSSR count). The zero-order valence-electron chi connectivity index (χ0n) is 17.8. The maximum Gasteiger partial charge on any atom is 0.496 e. The molecule has 1 aliphatic rings. The van der Waals surface area contributed by atoms with Gasteiger partial charge in [-0.2, -0.15) is 0 Å². The Hall–Kier alpha value is -1.34. The number of hydrogen-bond donors (Lipinski definition) is 0. The summed E-state index contributed by atoms with van der Waals surface area (Å²) in [5.74, 6) is 0. The van der Waals surface area contributed by atoms with Gasteiger partial charge in [0.05, 0.1) is 25.8 Å². The molecular weight excluding hydrogens is 389 g/mol. The van der Waals surface area contributed by atoms with Crippen molar-refractivity contribution < 1.29 is 9.31 Å². The average molecular weight is 418 g/mol. The van der Waals surface area contributed by atoms with Crippen LogP contribution in [0.25, 0.3) is 0 Å². The zero-order valence-corrected chi connectivity index (χ0v) is 19.6. The third-order valence-electron chi connectivity index (χ3n) is 5.75. The molecular formula is C21H29BClNO3Si. The first kappa shape index (κ1) is 21.4. The van der Waals surface area contributed by atoms with E-state index in [1.807, 2.05) is 64.2 Å². The second-order valence-electron chi connectivity index (χ2n) is 9.53. The van der Waals surface area contributed by atoms with Gasteiger partial charge >= 0.3 is 7.12 Å². The molecule has 0 N–H and O–H groups in total. The van der Waals surface area contributed by atoms with Gasteiger partial charge in [-0.25, -0.2) is 0 Å². The molecule has 7 heteroatoms. The van der Waals surface area contributed by atoms with Crippen molar-refractivity contribution in [3.8, 4) is 0 Å². The quantitative estimate of drug-likeness (QED) is 0.716. The van der Waals surface area contributed by atoms with Crippen LogP contribution < -0.4 is 16.2 Å². The van der Waals surface area contributed by atoms with Crippen LogP contribution in [0.1, 0.15) is 33.3 Å². The van der Waals surface area contributed by atoms with E-state index in [0.29, 0.717) is 12.0 Å². The predicted molar refractivity (Wildman–Crippen MR) is 120 cm³/mol. The maximum atomic E-state index is 13.1. The van der Waals surface area contributed by atoms with Crippen molar-refractivity contribution in [2.75, 3.05) is 0 Å². The van der Waals surface area contributed by atoms with Crippen LogP contribution in [0.3, 0.4) is 0 Å². The molecule has 28 heavy (non-hydrogen) atoms. The van der Waals surface area contributed by atoms with Gasteiger partial charge in [-0.1, -0.05) is 61.6 Å². The van der Waals surface area contributed by atoms with Gasteiger partial charge in [-0.05, 0) is 38.4 Å². The van der Waals surface area contributed by atoms with Gasteiger partial charge in [0.15, 0.2) is 0 Å². The monoisotopic (exact) mass is 417 g/mol. The lowest BCUT2D eigenvalue weighted by atomic mass is 9.79. The first-order valence-electron chi connectivity index (χ1n) is 9.66. The highest BCUT2D eigenvalue weighted by Gasteiger charge is 2.53. The average Bonchev–Trinajstić information content (AvgIpc) is 2.79. The Morgan fingerprint density at radius 3 is 2.07 bits per heavy atom. The molecule has 0 spiro atoms. The third kappa shape index (κ3) is 3.88. The minimum absolute atomic E-state index is 0.203. The number of pyridine rings is 1. The van der Waals surface area contributed by atoms with Crippen LogP contribution in [0.4, 0.5) is 0 Å². The molecule has 150 valence electrons. The molecule has 1 saturated heterocycles. The van der Waals surface area contributed by atoms with Crippen LogP contribution in [-0.2, 0) is 15.9 Å². The summed E-state index contributed by atoms with van der Waals surface area (Å²) in [6, 6.07) is 9.93. The molecule has 1 fully saturated rings. The molecule has 4 nitrogen and oxygen atoms in total. The molecule has 0 amide bonds. The molecule has 0 saturated carbocycles. The molecule has 1 aliphatic heterocycles. The molecule has 2 aromatic rings. The van der Waals surface area contributed by atoms with E-state index in [1.165, 1.54) is 0 Å². The van der Waals surface area contributed by atoms with Gasteiger partial charge in [-0.15, -0.1) is 0 Å². The number of nitrogens with zero attached hydrogens (tertiary/aromatic N) is 1. The van der Waals surface area contributed by atoms with Crippen molar-refractivity contribution in [3.63, 3.8) is 0 Å². The van der Waals surface area contributed by atoms with Crippen molar-refractivity contribution in [3.05, 3.63) is 57.5 Å². The lowest BCUT2D eigenvalue weighted by Crippen LogP contribution is -2.57. The van der Waals surface area contributed by atoms with E-state index in [0.717, 1.165) is 10.8 Å². The second-order valence-corrected chi connectivity index (χ2v) is 14.9. The van der Waals surface area contributed by atoms with Gasteiger partial charge in [0.2, 0.25) is 0 Å². The lowest BCUT2D eigenvalue weighted by molar-refractivity contribution is 0.00578. The van der Waals surface area contributed by atoms with Crippen molar-refractivity contribution >= 4 is 37.4 Å². The smallest absolute Gasteiger partial charge is 0.399 e. The minimum Gasteiger partial charge on any atom is -0.399 e. The fourth-order valence-corrected chi connectivity index (χ4v) is 5.30. The van der Waals surface area contributed by atoms with Gasteiger partial charge in [0, 0.05) is 11.7 Å². The Kier molecular flexibility index (Phi) is 5.47. The van der Waals surface area contributed by atoms with Crippen LogP contribution in [0.2, 0.25) is 24.7 Å². The highest BCUT2D eigenvalue weighted by molar-refractivity contribution is 6.93. The molecule has 1 aromatic heterocycles. The molecule has 0 radical (unpaired) electrons. The first-order valence-corrected chi connectivity index (χ1v) is 13.5. The Labute approximate surface area is 174 Å². The summed E-state index contributed by atoms with van der Waals surface area (Å²) >= 11 is 6.67. The normalized spacial score (nSPS) is 18.5. The van der Waals surface area contributed by atoms with E-state index in [4.69, 9.17) is 20.9 Å². The van der Waals surface area contributed by atoms with E-state index in [1.54, 1.807) is 4.57 Å². The summed E-state index contributed by atoms with van der Waals surface area (Å²) in [6.07, 6.45) is 1.97. The number of aromatic nitrogens is 1. The summed E-state index contributed by atoms with van der Waals surface area (Å²) in [6.45, 7) is 15.2. The maximum absolute atomic E-state index is 13.1. The van der Waals surface area contributed by atoms with Gasteiger partial charge in [0.1, 0.15) is 5.02 Å². The lowest BCUT2D eigenvalue weighted by Gasteiger charge is -2.32. The highest BCUT2D eigenvalue weighted by atomic mass is 35.5. The summed E-state index contributed by atoms with van der Waals surface area (Å²) in [7, 11) is -2.49. The summed E-state index contributed by atoms with van der Waals surface area (Å²) in [4.78, 5) is 13.1. The standard InChI is InChI=1S/C21H29BClNO3Si/c1-20(2)21(3,4)27-22(26-20)17-16(28(5,6)7)14-24(19(25)18(17)23)13-15-11-9-8-10-12-15/h8-12,14H,13H2,1-7H3. The van der Waals surface area contributed by atoms with Crippen LogP contribution in [0.5, 0.6) is 0 Å². The first-order chi connectivity index (χ1) is 12.8. The number of rotatable bonds is 4. The van der Waals surface area contributed by atoms with Crippen molar-refractivity contribution in [2.24, 2.45) is 0 Å². The van der Waals surface area contributed by atoms with E-state index in [2.05, 4.69) is 19.6 Å². The molecule has 0 bridgehead atoms. The molecule has 0 aliphatic carbocycles. The third-order valence-corrected chi connectivity index (χ3v) is 8.13. The molecule has 0 unspecified atom stereocenters. The molecule has 0 atom stereocenters. The zero-order chi connectivity index (χ0) is 20.9. The molecule has 2 heterocycles. The summed E-state index contributed by atoms with van der Waals surface area (Å²) < 4.78 is 14.2. The topological polar surface area (TPSA) is 40.5 Å². The Morgan fingerprint density at radius 2 is 1.57 bits per heavy atom. The van der Waals surface area contributed by atoms with Crippen LogP contribution in [0, 0.1) is 0 Å². The Morgan fingerprint density at radius 1 is 1.04 bits per heavy atom. The van der Waals surface area contributed by atoms with E-state index in [9.17, 15) is 4.79 Å². The second kappa shape index (κ2) is 7.17. The predicted octanol–water partition coefficient (Wildman–Crippen LogP) is 3.39. The SMILES string of the molecule is CC1(C)OB(c2c([Si](C)(C)C)cn(Cc3ccccc3)c(=O)c2Cl)OC1(C)C. The Balaban J connectivity index is 2.14. The van der Waals surface area contributed by atoms with Crippen molar-refractivity contribution in [1.29, 1.82) is 0 Å². The largest absolute Gasteiger partial charge is 0.496 e. The number of halogens is 1. The van der Waals surface area contributed by atoms with Crippen LogP contribution in [0.15, 0.2) is 41.3 Å². The fourth-order valence-electron chi connectivity index (χ4n) is 3.33. The highest BCUT2D eigenvalue weighted by Crippen LogP contribution is 2.36. The molecule has 1 aromatic carbocycles. The van der Waals surface area contributed by atoms with E-state index in [-0.39, 0.29) is 10.6 Å². The fraction of sp³-hybridized carbons (Fsp3) is 0.476. The minimum atomic E-state index is -1.85. The van der Waals surface area contributed by atoms with Crippen LogP contribution >= 0.6 is 11.6 Å². The number of hydrogen-bond acceptors (Lipinski definition) is 3. The van der Waals surface area contributed by atoms with Gasteiger partial charge in [-0.3, -0.25) is 4.79 Å². The van der Waals surface area contributed by atoms with E-state index >= 15 is 0 Å². The Bertz CT molecular complexity index is 919. The van der Waals surface area contributed by atoms with Crippen molar-refractivity contribution in [1.82, 2.24) is 4.57 Å². The van der Waals surface area contributed by atoms with E-state index < -0.39 is 26.4 Å². The van der Waals surface area contributed by atoms with Crippen LogP contribution in [-0.4, -0.2) is 31.0 Å². The van der Waals surface area contributed by atoms with Gasteiger partial charge in [0.25, 0.3) is 5.56 Å². The van der Waals surface area contributed by atoms with Gasteiger partial charge < -0.3 is 13.9 Å². The summed E-state index contributed by atoms with van der Waals surface area (Å²) in [5, 5.41) is 1.29. The summed E-state index contributed by atoms with van der Waals surface area (Å²) in [5.41, 5.74) is 0.573.